The maximum atomic E-state index is 12.3. The number of hydrogen-bond donors (Lipinski definition) is 2. The molecule has 22 heavy (non-hydrogen) atoms. The summed E-state index contributed by atoms with van der Waals surface area (Å²) in [6.45, 7) is 2.07. The smallest absolute Gasteiger partial charge is 0.237 e. The van der Waals surface area contributed by atoms with Crippen LogP contribution in [0, 0.1) is 0 Å². The number of thioether (sulfide) groups is 1. The molecule has 0 spiro atoms. The van der Waals surface area contributed by atoms with Crippen LogP contribution >= 0.6 is 11.8 Å². The Balaban J connectivity index is 1.64. The van der Waals surface area contributed by atoms with Crippen molar-refractivity contribution in [2.45, 2.75) is 17.1 Å². The molecule has 3 N–H and O–H groups in total. The largest absolute Gasteiger partial charge is 0.454 e. The van der Waals surface area contributed by atoms with E-state index in [1.807, 2.05) is 31.2 Å². The first-order chi connectivity index (χ1) is 10.6. The molecule has 0 bridgehead atoms. The van der Waals surface area contributed by atoms with Crippen LogP contribution in [-0.2, 0) is 4.79 Å². The zero-order chi connectivity index (χ0) is 15.5. The number of anilines is 2. The maximum absolute atomic E-state index is 12.3. The van der Waals surface area contributed by atoms with Crippen molar-refractivity contribution in [2.75, 3.05) is 17.8 Å². The van der Waals surface area contributed by atoms with Gasteiger partial charge in [0.2, 0.25) is 12.7 Å². The summed E-state index contributed by atoms with van der Waals surface area (Å²) >= 11 is 1.46. The molecule has 0 radical (unpaired) electrons. The Morgan fingerprint density at radius 1 is 1.23 bits per heavy atom. The van der Waals surface area contributed by atoms with Crippen LogP contribution in [0.2, 0.25) is 0 Å². The molecule has 6 heteroatoms. The number of amides is 1. The van der Waals surface area contributed by atoms with E-state index < -0.39 is 0 Å². The molecule has 1 aliphatic rings. The van der Waals surface area contributed by atoms with Gasteiger partial charge in [0, 0.05) is 22.3 Å². The van der Waals surface area contributed by atoms with Gasteiger partial charge in [-0.3, -0.25) is 4.79 Å². The van der Waals surface area contributed by atoms with Crippen molar-refractivity contribution in [1.29, 1.82) is 0 Å². The molecule has 0 fully saturated rings. The van der Waals surface area contributed by atoms with Crippen LogP contribution in [0.5, 0.6) is 11.5 Å². The van der Waals surface area contributed by atoms with Crippen molar-refractivity contribution in [1.82, 2.24) is 0 Å². The first-order valence-corrected chi connectivity index (χ1v) is 7.72. The second-order valence-corrected chi connectivity index (χ2v) is 6.30. The average Bonchev–Trinajstić information content (AvgIpc) is 2.94. The van der Waals surface area contributed by atoms with Gasteiger partial charge in [0.1, 0.15) is 0 Å². The Kier molecular flexibility index (Phi) is 4.11. The first-order valence-electron chi connectivity index (χ1n) is 6.84. The topological polar surface area (TPSA) is 73.6 Å². The van der Waals surface area contributed by atoms with Crippen molar-refractivity contribution >= 4 is 29.0 Å². The molecule has 2 aromatic carbocycles. The third-order valence-electron chi connectivity index (χ3n) is 3.18. The molecule has 0 aromatic heterocycles. The minimum absolute atomic E-state index is 0.0775. The van der Waals surface area contributed by atoms with Crippen LogP contribution in [0.15, 0.2) is 47.4 Å². The van der Waals surface area contributed by atoms with E-state index in [4.69, 9.17) is 15.2 Å². The number of benzene rings is 2. The molecule has 1 amide bonds. The molecule has 1 unspecified atom stereocenters. The molecule has 3 rings (SSSR count). The Labute approximate surface area is 132 Å². The second-order valence-electron chi connectivity index (χ2n) is 4.89. The molecule has 0 saturated heterocycles. The van der Waals surface area contributed by atoms with E-state index >= 15 is 0 Å². The van der Waals surface area contributed by atoms with Crippen LogP contribution in [0.3, 0.4) is 0 Å². The lowest BCUT2D eigenvalue weighted by Gasteiger charge is -2.12. The zero-order valence-electron chi connectivity index (χ0n) is 12.0. The predicted molar refractivity (Wildman–Crippen MR) is 87.4 cm³/mol. The van der Waals surface area contributed by atoms with Gasteiger partial charge in [0.25, 0.3) is 0 Å². The van der Waals surface area contributed by atoms with Crippen LogP contribution in [0.4, 0.5) is 11.4 Å². The number of rotatable bonds is 4. The lowest BCUT2D eigenvalue weighted by atomic mass is 10.2. The molecule has 114 valence electrons. The summed E-state index contributed by atoms with van der Waals surface area (Å²) < 4.78 is 10.5. The number of fused-ring (bicyclic) bond motifs is 1. The molecule has 2 aromatic rings. The fraction of sp³-hybridized carbons (Fsp3) is 0.188. The van der Waals surface area contributed by atoms with Crippen LogP contribution in [0.25, 0.3) is 0 Å². The molecule has 0 saturated carbocycles. The lowest BCUT2D eigenvalue weighted by molar-refractivity contribution is -0.115. The molecular formula is C16H16N2O3S. The summed E-state index contributed by atoms with van der Waals surface area (Å²) in [5.41, 5.74) is 7.12. The van der Waals surface area contributed by atoms with Gasteiger partial charge < -0.3 is 20.5 Å². The summed E-state index contributed by atoms with van der Waals surface area (Å²) in [5.74, 6) is 1.26. The number of nitrogens with one attached hydrogen (secondary N) is 1. The second kappa shape index (κ2) is 6.19. The van der Waals surface area contributed by atoms with Gasteiger partial charge in [0.15, 0.2) is 11.5 Å². The number of carbonyl (C=O) groups is 1. The molecule has 1 aliphatic heterocycles. The highest BCUT2D eigenvalue weighted by Crippen LogP contribution is 2.34. The third kappa shape index (κ3) is 3.28. The Hall–Kier alpha value is -2.34. The summed E-state index contributed by atoms with van der Waals surface area (Å²) in [5, 5.41) is 2.64. The van der Waals surface area contributed by atoms with E-state index in [1.165, 1.54) is 11.8 Å². The fourth-order valence-corrected chi connectivity index (χ4v) is 3.00. The highest BCUT2D eigenvalue weighted by molar-refractivity contribution is 8.00. The van der Waals surface area contributed by atoms with E-state index in [1.54, 1.807) is 18.2 Å². The van der Waals surface area contributed by atoms with E-state index in [-0.39, 0.29) is 18.0 Å². The predicted octanol–water partition coefficient (Wildman–Crippen LogP) is 3.12. The summed E-state index contributed by atoms with van der Waals surface area (Å²) in [6, 6.07) is 12.8. The standard InChI is InChI=1S/C16H16N2O3S/c1-10(22-13-4-2-3-11(17)7-13)16(19)18-12-5-6-14-15(8-12)21-9-20-14/h2-8,10H,9,17H2,1H3,(H,18,19). The summed E-state index contributed by atoms with van der Waals surface area (Å²) in [4.78, 5) is 13.2. The van der Waals surface area contributed by atoms with Crippen LogP contribution in [-0.4, -0.2) is 18.0 Å². The van der Waals surface area contributed by atoms with Crippen LogP contribution in [0.1, 0.15) is 6.92 Å². The van der Waals surface area contributed by atoms with Crippen molar-refractivity contribution in [3.05, 3.63) is 42.5 Å². The normalized spacial score (nSPS) is 13.7. The number of nitrogen functional groups attached to an aromatic ring is 1. The monoisotopic (exact) mass is 316 g/mol. The highest BCUT2D eigenvalue weighted by atomic mass is 32.2. The SMILES string of the molecule is CC(Sc1cccc(N)c1)C(=O)Nc1ccc2c(c1)OCO2. The van der Waals surface area contributed by atoms with Crippen molar-refractivity contribution in [3.8, 4) is 11.5 Å². The van der Waals surface area contributed by atoms with Gasteiger partial charge in [-0.25, -0.2) is 0 Å². The first kappa shape index (κ1) is 14.6. The quantitative estimate of drug-likeness (QED) is 0.670. The third-order valence-corrected chi connectivity index (χ3v) is 4.27. The summed E-state index contributed by atoms with van der Waals surface area (Å²) in [7, 11) is 0. The highest BCUT2D eigenvalue weighted by Gasteiger charge is 2.17. The molecular weight excluding hydrogens is 300 g/mol. The van der Waals surface area contributed by atoms with Crippen molar-refractivity contribution < 1.29 is 14.3 Å². The Morgan fingerprint density at radius 2 is 2.05 bits per heavy atom. The van der Waals surface area contributed by atoms with E-state index in [0.29, 0.717) is 22.9 Å². The molecule has 0 aliphatic carbocycles. The van der Waals surface area contributed by atoms with Crippen molar-refractivity contribution in [3.63, 3.8) is 0 Å². The Morgan fingerprint density at radius 3 is 2.86 bits per heavy atom. The van der Waals surface area contributed by atoms with Gasteiger partial charge in [0.05, 0.1) is 5.25 Å². The zero-order valence-corrected chi connectivity index (χ0v) is 12.9. The van der Waals surface area contributed by atoms with Gasteiger partial charge in [-0.2, -0.15) is 0 Å². The average molecular weight is 316 g/mol. The van der Waals surface area contributed by atoms with E-state index in [2.05, 4.69) is 5.32 Å². The van der Waals surface area contributed by atoms with E-state index in [9.17, 15) is 4.79 Å². The van der Waals surface area contributed by atoms with E-state index in [0.717, 1.165) is 4.90 Å². The van der Waals surface area contributed by atoms with Gasteiger partial charge >= 0.3 is 0 Å². The van der Waals surface area contributed by atoms with Crippen molar-refractivity contribution in [2.24, 2.45) is 0 Å². The number of hydrogen-bond acceptors (Lipinski definition) is 5. The lowest BCUT2D eigenvalue weighted by Crippen LogP contribution is -2.22. The number of nitrogens with two attached hydrogens (primary N) is 1. The number of carbonyl (C=O) groups excluding carboxylic acids is 1. The van der Waals surface area contributed by atoms with Crippen LogP contribution < -0.4 is 20.5 Å². The van der Waals surface area contributed by atoms with Gasteiger partial charge in [-0.15, -0.1) is 11.8 Å². The molecule has 1 heterocycles. The molecule has 5 nitrogen and oxygen atoms in total. The van der Waals surface area contributed by atoms with Gasteiger partial charge in [-0.1, -0.05) is 6.07 Å². The molecule has 1 atom stereocenters. The fourth-order valence-electron chi connectivity index (χ4n) is 2.06. The Bertz CT molecular complexity index is 706. The maximum Gasteiger partial charge on any atom is 0.237 e. The minimum atomic E-state index is -0.243. The minimum Gasteiger partial charge on any atom is -0.454 e. The summed E-state index contributed by atoms with van der Waals surface area (Å²) in [6.07, 6.45) is 0. The number of ether oxygens (including phenoxy) is 2. The van der Waals surface area contributed by atoms with Gasteiger partial charge in [-0.05, 0) is 37.3 Å².